The summed E-state index contributed by atoms with van der Waals surface area (Å²) in [7, 11) is 0. The highest BCUT2D eigenvalue weighted by Crippen LogP contribution is 2.20. The lowest BCUT2D eigenvalue weighted by molar-refractivity contribution is 0.0463. The first-order valence-electron chi connectivity index (χ1n) is 10.5. The molecule has 168 valence electrons. The van der Waals surface area contributed by atoms with Gasteiger partial charge in [-0.3, -0.25) is 4.79 Å². The maximum absolute atomic E-state index is 12.6. The molecule has 0 aliphatic rings. The van der Waals surface area contributed by atoms with Crippen LogP contribution in [0.4, 0.5) is 0 Å². The molecule has 0 unspecified atom stereocenters. The molecule has 0 spiro atoms. The van der Waals surface area contributed by atoms with Crippen molar-refractivity contribution in [2.75, 3.05) is 6.61 Å². The van der Waals surface area contributed by atoms with Gasteiger partial charge in [-0.2, -0.15) is 5.10 Å². The molecule has 0 fully saturated rings. The Morgan fingerprint density at radius 2 is 1.85 bits per heavy atom. The van der Waals surface area contributed by atoms with Crippen molar-refractivity contribution in [1.29, 1.82) is 0 Å². The molecule has 2 aromatic carbocycles. The van der Waals surface area contributed by atoms with Gasteiger partial charge in [-0.15, -0.1) is 0 Å². The second-order valence-corrected chi connectivity index (χ2v) is 7.29. The number of esters is 1. The number of para-hydroxylation sites is 1. The average Bonchev–Trinajstić information content (AvgIpc) is 2.83. The Morgan fingerprint density at radius 1 is 1.03 bits per heavy atom. The molecule has 8 heteroatoms. The lowest BCUT2D eigenvalue weighted by Gasteiger charge is -2.10. The Labute approximate surface area is 189 Å². The number of hydrogen-bond acceptors (Lipinski definition) is 7. The van der Waals surface area contributed by atoms with Crippen LogP contribution in [0.25, 0.3) is 11.0 Å². The molecule has 0 saturated heterocycles. The minimum absolute atomic E-state index is 0.0187. The van der Waals surface area contributed by atoms with E-state index in [1.807, 2.05) is 37.3 Å². The van der Waals surface area contributed by atoms with Crippen LogP contribution in [0.2, 0.25) is 0 Å². The standard InChI is InChI=1S/C25H22N2O6/c1-2-17-8-9-20-18(15-24(29)33-22(20)14-17)16-32-25(30)21-10-11-23(28)27(26-21)12-13-31-19-6-4-3-5-7-19/h3-11,14-15H,2,12-13,16H2,1H3. The summed E-state index contributed by atoms with van der Waals surface area (Å²) < 4.78 is 17.4. The van der Waals surface area contributed by atoms with Gasteiger partial charge in [0.15, 0.2) is 5.69 Å². The van der Waals surface area contributed by atoms with Crippen LogP contribution in [0.3, 0.4) is 0 Å². The summed E-state index contributed by atoms with van der Waals surface area (Å²) in [6, 6.07) is 18.6. The van der Waals surface area contributed by atoms with E-state index >= 15 is 0 Å². The number of carbonyl (C=O) groups excluding carboxylic acids is 1. The first-order chi connectivity index (χ1) is 16.0. The molecule has 0 saturated carbocycles. The highest BCUT2D eigenvalue weighted by Gasteiger charge is 2.14. The molecule has 0 radical (unpaired) electrons. The molecular weight excluding hydrogens is 424 g/mol. The molecule has 4 rings (SSSR count). The zero-order chi connectivity index (χ0) is 23.2. The number of aryl methyl sites for hydroxylation is 1. The highest BCUT2D eigenvalue weighted by molar-refractivity contribution is 5.87. The fourth-order valence-corrected chi connectivity index (χ4v) is 3.32. The van der Waals surface area contributed by atoms with Crippen molar-refractivity contribution in [3.8, 4) is 5.75 Å². The molecule has 0 atom stereocenters. The molecule has 2 aromatic heterocycles. The third kappa shape index (κ3) is 5.35. The number of benzene rings is 2. The average molecular weight is 446 g/mol. The normalized spacial score (nSPS) is 10.8. The van der Waals surface area contributed by atoms with Crippen molar-refractivity contribution >= 4 is 16.9 Å². The monoisotopic (exact) mass is 446 g/mol. The molecule has 0 N–H and O–H groups in total. The van der Waals surface area contributed by atoms with Gasteiger partial charge in [0.1, 0.15) is 24.5 Å². The lowest BCUT2D eigenvalue weighted by atomic mass is 10.1. The third-order valence-corrected chi connectivity index (χ3v) is 5.05. The predicted molar refractivity (Wildman–Crippen MR) is 121 cm³/mol. The van der Waals surface area contributed by atoms with Crippen molar-refractivity contribution in [3.63, 3.8) is 0 Å². The number of hydrogen-bond donors (Lipinski definition) is 0. The van der Waals surface area contributed by atoms with Crippen molar-refractivity contribution in [2.24, 2.45) is 0 Å². The minimum Gasteiger partial charge on any atom is -0.492 e. The van der Waals surface area contributed by atoms with E-state index in [1.165, 1.54) is 18.2 Å². The van der Waals surface area contributed by atoms with E-state index in [9.17, 15) is 14.4 Å². The molecule has 2 heterocycles. The Morgan fingerprint density at radius 3 is 2.64 bits per heavy atom. The van der Waals surface area contributed by atoms with Crippen LogP contribution >= 0.6 is 0 Å². The molecule has 8 nitrogen and oxygen atoms in total. The van der Waals surface area contributed by atoms with E-state index in [0.29, 0.717) is 22.3 Å². The number of rotatable bonds is 8. The maximum atomic E-state index is 12.6. The van der Waals surface area contributed by atoms with Crippen molar-refractivity contribution < 1.29 is 18.7 Å². The van der Waals surface area contributed by atoms with Crippen molar-refractivity contribution in [2.45, 2.75) is 26.5 Å². The first kappa shape index (κ1) is 22.0. The summed E-state index contributed by atoms with van der Waals surface area (Å²) in [6.45, 7) is 2.25. The Balaban J connectivity index is 1.45. The van der Waals surface area contributed by atoms with Crippen LogP contribution in [0.5, 0.6) is 5.75 Å². The molecular formula is C25H22N2O6. The highest BCUT2D eigenvalue weighted by atomic mass is 16.5. The van der Waals surface area contributed by atoms with Gasteiger partial charge < -0.3 is 13.9 Å². The van der Waals surface area contributed by atoms with E-state index in [-0.39, 0.29) is 31.0 Å². The van der Waals surface area contributed by atoms with Crippen LogP contribution in [-0.2, 0) is 24.3 Å². The van der Waals surface area contributed by atoms with Crippen molar-refractivity contribution in [1.82, 2.24) is 9.78 Å². The Bertz CT molecular complexity index is 1390. The largest absolute Gasteiger partial charge is 0.492 e. The SMILES string of the molecule is CCc1ccc2c(COC(=O)c3ccc(=O)n(CCOc4ccccc4)n3)cc(=O)oc2c1. The van der Waals surface area contributed by atoms with Gasteiger partial charge in [-0.1, -0.05) is 37.3 Å². The molecule has 0 bridgehead atoms. The van der Waals surface area contributed by atoms with Gasteiger partial charge in [-0.25, -0.2) is 14.3 Å². The fourth-order valence-electron chi connectivity index (χ4n) is 3.32. The van der Waals surface area contributed by atoms with Gasteiger partial charge in [0.25, 0.3) is 5.56 Å². The number of nitrogens with zero attached hydrogens (tertiary/aromatic N) is 2. The molecule has 0 aliphatic carbocycles. The number of aromatic nitrogens is 2. The minimum atomic E-state index is -0.709. The predicted octanol–water partition coefficient (Wildman–Crippen LogP) is 3.35. The summed E-state index contributed by atoms with van der Waals surface area (Å²) in [5.41, 5.74) is 1.10. The zero-order valence-electron chi connectivity index (χ0n) is 18.0. The van der Waals surface area contributed by atoms with Crippen molar-refractivity contribution in [3.05, 3.63) is 104 Å². The fraction of sp³-hybridized carbons (Fsp3) is 0.200. The van der Waals surface area contributed by atoms with Gasteiger partial charge in [-0.05, 0) is 36.2 Å². The maximum Gasteiger partial charge on any atom is 0.359 e. The van der Waals surface area contributed by atoms with Crippen LogP contribution in [-0.4, -0.2) is 22.4 Å². The van der Waals surface area contributed by atoms with Crippen LogP contribution in [0.1, 0.15) is 28.5 Å². The van der Waals surface area contributed by atoms with E-state index < -0.39 is 11.6 Å². The van der Waals surface area contributed by atoms with Crippen LogP contribution in [0, 0.1) is 0 Å². The molecule has 4 aromatic rings. The van der Waals surface area contributed by atoms with Crippen LogP contribution in [0.15, 0.2) is 80.7 Å². The number of ether oxygens (including phenoxy) is 2. The molecule has 33 heavy (non-hydrogen) atoms. The molecule has 0 aliphatic heterocycles. The summed E-state index contributed by atoms with van der Waals surface area (Å²) in [5, 5.41) is 4.78. The summed E-state index contributed by atoms with van der Waals surface area (Å²) in [6.07, 6.45) is 0.802. The summed E-state index contributed by atoms with van der Waals surface area (Å²) in [4.78, 5) is 36.6. The van der Waals surface area contributed by atoms with E-state index in [0.717, 1.165) is 16.7 Å². The van der Waals surface area contributed by atoms with E-state index in [4.69, 9.17) is 13.9 Å². The third-order valence-electron chi connectivity index (χ3n) is 5.05. The number of fused-ring (bicyclic) bond motifs is 1. The topological polar surface area (TPSA) is 101 Å². The first-order valence-corrected chi connectivity index (χ1v) is 10.5. The van der Waals surface area contributed by atoms with Gasteiger partial charge >= 0.3 is 11.6 Å². The van der Waals surface area contributed by atoms with Gasteiger partial charge in [0.2, 0.25) is 0 Å². The lowest BCUT2D eigenvalue weighted by Crippen LogP contribution is -2.27. The Kier molecular flexibility index (Phi) is 6.64. The second-order valence-electron chi connectivity index (χ2n) is 7.29. The van der Waals surface area contributed by atoms with E-state index in [1.54, 1.807) is 18.2 Å². The Hall–Kier alpha value is -4.20. The quantitative estimate of drug-likeness (QED) is 0.302. The smallest absolute Gasteiger partial charge is 0.359 e. The summed E-state index contributed by atoms with van der Waals surface area (Å²) in [5.74, 6) is -0.0361. The van der Waals surface area contributed by atoms with Crippen LogP contribution < -0.4 is 15.9 Å². The molecule has 0 amide bonds. The summed E-state index contributed by atoms with van der Waals surface area (Å²) >= 11 is 0. The number of carbonyl (C=O) groups is 1. The van der Waals surface area contributed by atoms with E-state index in [2.05, 4.69) is 5.10 Å². The van der Waals surface area contributed by atoms with Gasteiger partial charge in [0.05, 0.1) is 6.54 Å². The van der Waals surface area contributed by atoms with Gasteiger partial charge in [0, 0.05) is 23.1 Å². The second kappa shape index (κ2) is 9.95. The zero-order valence-corrected chi connectivity index (χ0v) is 18.0.